The van der Waals surface area contributed by atoms with Gasteiger partial charge < -0.3 is 9.42 Å². The Balaban J connectivity index is 0.00000361. The number of hydrogen-bond donors (Lipinski definition) is 0. The summed E-state index contributed by atoms with van der Waals surface area (Å²) in [6.45, 7) is 1.46. The fraction of sp³-hybridized carbons (Fsp3) is 0.455. The van der Waals surface area contributed by atoms with Gasteiger partial charge in [0, 0.05) is 6.61 Å². The molecule has 0 aliphatic carbocycles. The third-order valence-corrected chi connectivity index (χ3v) is 7.11. The molecule has 1 aromatic rings. The summed E-state index contributed by atoms with van der Waals surface area (Å²) in [6.07, 6.45) is 0.963. The SMILES string of the molecule is CCOP([O-])(=S)N(c1ccc(C)cc1C)S(C)(=O)=O.[K+]. The van der Waals surface area contributed by atoms with Gasteiger partial charge in [0.05, 0.1) is 18.6 Å². The van der Waals surface area contributed by atoms with Crippen LogP contribution in [0.3, 0.4) is 0 Å². The number of aryl methyl sites for hydroxylation is 2. The largest absolute Gasteiger partial charge is 1.00 e. The molecule has 0 bridgehead atoms. The fourth-order valence-corrected chi connectivity index (χ4v) is 6.47. The van der Waals surface area contributed by atoms with Crippen molar-refractivity contribution in [2.75, 3.05) is 16.9 Å². The van der Waals surface area contributed by atoms with E-state index in [9.17, 15) is 13.3 Å². The monoisotopic (exact) mass is 361 g/mol. The van der Waals surface area contributed by atoms with Crippen LogP contribution in [-0.4, -0.2) is 21.3 Å². The van der Waals surface area contributed by atoms with Crippen LogP contribution in [0.2, 0.25) is 0 Å². The summed E-state index contributed by atoms with van der Waals surface area (Å²) in [6, 6.07) is 5.13. The van der Waals surface area contributed by atoms with E-state index in [4.69, 9.17) is 16.3 Å². The molecule has 0 fully saturated rings. The van der Waals surface area contributed by atoms with Crippen molar-refractivity contribution in [3.8, 4) is 0 Å². The number of hydrogen-bond acceptors (Lipinski definition) is 5. The quantitative estimate of drug-likeness (QED) is 0.481. The maximum Gasteiger partial charge on any atom is 1.00 e. The summed E-state index contributed by atoms with van der Waals surface area (Å²) < 4.78 is 29.5. The molecule has 0 spiro atoms. The maximum absolute atomic E-state index is 12.3. The molecule has 0 aliphatic rings. The van der Waals surface area contributed by atoms with Gasteiger partial charge in [0.1, 0.15) is 0 Å². The van der Waals surface area contributed by atoms with E-state index >= 15 is 0 Å². The number of benzene rings is 1. The predicted octanol–water partition coefficient (Wildman–Crippen LogP) is -1.31. The van der Waals surface area contributed by atoms with E-state index in [0.717, 1.165) is 11.8 Å². The van der Waals surface area contributed by atoms with Crippen molar-refractivity contribution in [2.45, 2.75) is 20.8 Å². The topological polar surface area (TPSA) is 69.7 Å². The van der Waals surface area contributed by atoms with E-state index in [0.29, 0.717) is 15.3 Å². The predicted molar refractivity (Wildman–Crippen MR) is 79.1 cm³/mol. The molecule has 0 aliphatic heterocycles. The molecule has 1 atom stereocenters. The summed E-state index contributed by atoms with van der Waals surface area (Å²) in [4.78, 5) is 12.3. The van der Waals surface area contributed by atoms with E-state index in [1.165, 1.54) is 0 Å². The zero-order valence-corrected chi connectivity index (χ0v) is 17.9. The van der Waals surface area contributed by atoms with Crippen molar-refractivity contribution in [2.24, 2.45) is 0 Å². The molecule has 1 rings (SSSR count). The Bertz CT molecular complexity index is 621. The van der Waals surface area contributed by atoms with Crippen LogP contribution in [0, 0.1) is 13.8 Å². The first-order valence-electron chi connectivity index (χ1n) is 5.63. The molecule has 0 amide bonds. The van der Waals surface area contributed by atoms with Gasteiger partial charge in [-0.1, -0.05) is 29.5 Å². The molecular weight excluding hydrogens is 344 g/mol. The number of sulfonamides is 1. The van der Waals surface area contributed by atoms with Crippen molar-refractivity contribution >= 4 is 34.2 Å². The van der Waals surface area contributed by atoms with Crippen LogP contribution in [-0.2, 0) is 26.4 Å². The molecular formula is C11H17KNO4PS2. The van der Waals surface area contributed by atoms with E-state index < -0.39 is 16.7 Å². The minimum Gasteiger partial charge on any atom is -0.784 e. The zero-order chi connectivity index (χ0) is 14.8. The molecule has 20 heavy (non-hydrogen) atoms. The molecule has 0 N–H and O–H groups in total. The smallest absolute Gasteiger partial charge is 0.784 e. The molecule has 0 heterocycles. The van der Waals surface area contributed by atoms with Gasteiger partial charge in [-0.05, 0) is 32.4 Å². The van der Waals surface area contributed by atoms with Crippen LogP contribution >= 0.6 is 6.64 Å². The number of nitrogens with zero attached hydrogens (tertiary/aromatic N) is 1. The molecule has 9 heteroatoms. The van der Waals surface area contributed by atoms with Crippen LogP contribution in [0.4, 0.5) is 5.69 Å². The number of rotatable bonds is 5. The third kappa shape index (κ3) is 5.42. The van der Waals surface area contributed by atoms with Gasteiger partial charge >= 0.3 is 51.4 Å². The Morgan fingerprint density at radius 1 is 1.40 bits per heavy atom. The molecule has 0 radical (unpaired) electrons. The van der Waals surface area contributed by atoms with Crippen molar-refractivity contribution in [1.82, 2.24) is 0 Å². The Kier molecular flexibility index (Phi) is 8.63. The van der Waals surface area contributed by atoms with Gasteiger partial charge in [0.25, 0.3) is 0 Å². The minimum absolute atomic E-state index is 0. The van der Waals surface area contributed by atoms with E-state index in [1.54, 1.807) is 32.0 Å². The Hall–Kier alpha value is 1.18. The van der Waals surface area contributed by atoms with Crippen LogP contribution in [0.15, 0.2) is 18.2 Å². The Morgan fingerprint density at radius 2 is 1.95 bits per heavy atom. The van der Waals surface area contributed by atoms with Gasteiger partial charge in [0.2, 0.25) is 10.0 Å². The van der Waals surface area contributed by atoms with Crippen molar-refractivity contribution in [1.29, 1.82) is 0 Å². The van der Waals surface area contributed by atoms with Crippen molar-refractivity contribution < 1.29 is 69.2 Å². The second kappa shape index (κ2) is 8.15. The van der Waals surface area contributed by atoms with Crippen LogP contribution in [0.5, 0.6) is 0 Å². The van der Waals surface area contributed by atoms with E-state index in [2.05, 4.69) is 0 Å². The van der Waals surface area contributed by atoms with Crippen LogP contribution in [0.25, 0.3) is 0 Å². The van der Waals surface area contributed by atoms with Gasteiger partial charge in [-0.25, -0.2) is 12.5 Å². The number of anilines is 1. The van der Waals surface area contributed by atoms with Gasteiger partial charge in [-0.3, -0.25) is 0 Å². The first kappa shape index (κ1) is 21.2. The first-order valence-corrected chi connectivity index (χ1v) is 10.1. The summed E-state index contributed by atoms with van der Waals surface area (Å²) in [5.41, 5.74) is 1.94. The average molecular weight is 361 g/mol. The van der Waals surface area contributed by atoms with Gasteiger partial charge in [0.15, 0.2) is 0 Å². The molecule has 5 nitrogen and oxygen atoms in total. The second-order valence-corrected chi connectivity index (χ2v) is 9.26. The molecule has 0 saturated heterocycles. The summed E-state index contributed by atoms with van der Waals surface area (Å²) in [7, 11) is -3.79. The summed E-state index contributed by atoms with van der Waals surface area (Å²) in [5, 5.41) is 0. The Morgan fingerprint density at radius 3 is 2.35 bits per heavy atom. The molecule has 1 aromatic carbocycles. The third-order valence-electron chi connectivity index (χ3n) is 2.39. The summed E-state index contributed by atoms with van der Waals surface area (Å²) in [5.74, 6) is 0. The first-order chi connectivity index (χ1) is 8.59. The zero-order valence-electron chi connectivity index (χ0n) is 12.3. The van der Waals surface area contributed by atoms with Crippen LogP contribution < -0.4 is 60.4 Å². The van der Waals surface area contributed by atoms with E-state index in [1.807, 2.05) is 6.92 Å². The minimum atomic E-state index is -3.86. The van der Waals surface area contributed by atoms with Gasteiger partial charge in [-0.15, -0.1) is 0 Å². The standard InChI is InChI=1S/C11H18NO4PS2.K/c1-5-16-17(13,18)12(19(4,14)15)11-7-6-9(2)8-10(11)3;/h6-8H,5H2,1-4H3,(H,13,18);/q;+1/p-1. The maximum atomic E-state index is 12.3. The van der Waals surface area contributed by atoms with Crippen molar-refractivity contribution in [3.63, 3.8) is 0 Å². The molecule has 0 aromatic heterocycles. The van der Waals surface area contributed by atoms with E-state index in [-0.39, 0.29) is 58.0 Å². The normalized spacial score (nSPS) is 14.2. The van der Waals surface area contributed by atoms with Crippen molar-refractivity contribution in [3.05, 3.63) is 29.3 Å². The molecule has 108 valence electrons. The Labute approximate surface area is 168 Å². The summed E-state index contributed by atoms with van der Waals surface area (Å²) >= 11 is 4.87. The molecule has 0 saturated carbocycles. The van der Waals surface area contributed by atoms with Crippen LogP contribution in [0.1, 0.15) is 18.1 Å². The second-order valence-electron chi connectivity index (χ2n) is 4.18. The fourth-order valence-electron chi connectivity index (χ4n) is 1.73. The molecule has 1 unspecified atom stereocenters. The van der Waals surface area contributed by atoms with Gasteiger partial charge in [-0.2, -0.15) is 0 Å². The average Bonchev–Trinajstić information content (AvgIpc) is 2.19.